The van der Waals surface area contributed by atoms with E-state index < -0.39 is 29.5 Å². The predicted octanol–water partition coefficient (Wildman–Crippen LogP) is 4.34. The molecule has 0 aliphatic carbocycles. The van der Waals surface area contributed by atoms with E-state index in [0.717, 1.165) is 6.07 Å². The molecule has 0 aliphatic heterocycles. The smallest absolute Gasteiger partial charge is 0.307 e. The van der Waals surface area contributed by atoms with E-state index in [4.69, 9.17) is 10.5 Å². The highest BCUT2D eigenvalue weighted by atomic mass is 19.2. The van der Waals surface area contributed by atoms with Crippen molar-refractivity contribution in [1.82, 2.24) is 0 Å². The van der Waals surface area contributed by atoms with Crippen LogP contribution in [0.1, 0.15) is 36.1 Å². The highest BCUT2D eigenvalue weighted by Gasteiger charge is 2.21. The van der Waals surface area contributed by atoms with Crippen molar-refractivity contribution in [3.63, 3.8) is 0 Å². The molecule has 0 heterocycles. The molecule has 0 aliphatic rings. The number of halogens is 3. The molecule has 2 N–H and O–H groups in total. The Bertz CT molecular complexity index is 782. The average Bonchev–Trinajstić information content (AvgIpc) is 2.49. The number of nitrogens with two attached hydrogens (primary N) is 1. The molecule has 2 aromatic carbocycles. The zero-order valence-corrected chi connectivity index (χ0v) is 14.3. The molecule has 6 heteroatoms. The van der Waals surface area contributed by atoms with Crippen molar-refractivity contribution >= 4 is 5.97 Å². The molecular formula is C19H20F3NO2. The van der Waals surface area contributed by atoms with Gasteiger partial charge >= 0.3 is 5.97 Å². The second kappa shape index (κ2) is 7.70. The first-order chi connectivity index (χ1) is 11.7. The Labute approximate surface area is 144 Å². The number of hydrogen-bond acceptors (Lipinski definition) is 3. The first-order valence-corrected chi connectivity index (χ1v) is 7.91. The largest absolute Gasteiger partial charge is 0.466 e. The minimum absolute atomic E-state index is 0.119. The zero-order chi connectivity index (χ0) is 18.7. The number of esters is 1. The molecule has 0 aromatic heterocycles. The predicted molar refractivity (Wildman–Crippen MR) is 89.4 cm³/mol. The molecule has 1 unspecified atom stereocenters. The maximum absolute atomic E-state index is 14.2. The fourth-order valence-electron chi connectivity index (χ4n) is 2.90. The lowest BCUT2D eigenvalue weighted by atomic mass is 9.92. The summed E-state index contributed by atoms with van der Waals surface area (Å²) in [7, 11) is 0. The van der Waals surface area contributed by atoms with Gasteiger partial charge in [-0.25, -0.2) is 13.2 Å². The molecule has 2 aromatic rings. The third-order valence-electron chi connectivity index (χ3n) is 3.93. The Balaban J connectivity index is 2.50. The number of rotatable bonds is 5. The summed E-state index contributed by atoms with van der Waals surface area (Å²) in [6.45, 7) is 5.19. The molecule has 0 radical (unpaired) electrons. The molecule has 25 heavy (non-hydrogen) atoms. The second-order valence-electron chi connectivity index (χ2n) is 5.89. The maximum Gasteiger partial charge on any atom is 0.307 e. The topological polar surface area (TPSA) is 52.3 Å². The van der Waals surface area contributed by atoms with Crippen LogP contribution in [0.4, 0.5) is 13.2 Å². The summed E-state index contributed by atoms with van der Waals surface area (Å²) >= 11 is 0. The summed E-state index contributed by atoms with van der Waals surface area (Å²) in [5.41, 5.74) is 7.92. The van der Waals surface area contributed by atoms with Gasteiger partial charge in [0.25, 0.3) is 0 Å². The van der Waals surface area contributed by atoms with E-state index in [1.54, 1.807) is 20.8 Å². The van der Waals surface area contributed by atoms with Gasteiger partial charge in [-0.3, -0.25) is 4.79 Å². The Morgan fingerprint density at radius 3 is 2.28 bits per heavy atom. The first kappa shape index (κ1) is 19.0. The average molecular weight is 351 g/mol. The quantitative estimate of drug-likeness (QED) is 0.815. The SMILES string of the molecule is CCOC(=O)CC(N)c1cc(-c2c(C)cc(F)cc2C)cc(F)c1F. The molecule has 0 fully saturated rings. The number of carbonyl (C=O) groups excluding carboxylic acids is 1. The van der Waals surface area contributed by atoms with Gasteiger partial charge in [-0.2, -0.15) is 0 Å². The van der Waals surface area contributed by atoms with Crippen LogP contribution in [-0.2, 0) is 9.53 Å². The van der Waals surface area contributed by atoms with Crippen molar-refractivity contribution in [3.8, 4) is 11.1 Å². The fraction of sp³-hybridized carbons (Fsp3) is 0.316. The number of carbonyl (C=O) groups is 1. The number of aryl methyl sites for hydroxylation is 2. The van der Waals surface area contributed by atoms with Gasteiger partial charge in [0.15, 0.2) is 11.6 Å². The lowest BCUT2D eigenvalue weighted by molar-refractivity contribution is -0.143. The molecule has 3 nitrogen and oxygen atoms in total. The van der Waals surface area contributed by atoms with Crippen molar-refractivity contribution in [2.24, 2.45) is 5.73 Å². The van der Waals surface area contributed by atoms with Crippen LogP contribution in [-0.4, -0.2) is 12.6 Å². The van der Waals surface area contributed by atoms with Crippen LogP contribution < -0.4 is 5.73 Å². The van der Waals surface area contributed by atoms with Crippen molar-refractivity contribution in [1.29, 1.82) is 0 Å². The molecule has 0 saturated heterocycles. The zero-order valence-electron chi connectivity index (χ0n) is 14.3. The Hall–Kier alpha value is -2.34. The van der Waals surface area contributed by atoms with Crippen molar-refractivity contribution in [3.05, 3.63) is 58.4 Å². The molecule has 0 amide bonds. The molecule has 2 rings (SSSR count). The minimum Gasteiger partial charge on any atom is -0.466 e. The third kappa shape index (κ3) is 4.20. The van der Waals surface area contributed by atoms with Crippen LogP contribution in [0.3, 0.4) is 0 Å². The lowest BCUT2D eigenvalue weighted by Gasteiger charge is -2.16. The highest BCUT2D eigenvalue weighted by molar-refractivity contribution is 5.73. The van der Waals surface area contributed by atoms with Crippen molar-refractivity contribution < 1.29 is 22.7 Å². The van der Waals surface area contributed by atoms with Gasteiger partial charge in [-0.05, 0) is 67.3 Å². The standard InChI is InChI=1S/C19H20F3NO2/c1-4-25-17(24)9-16(23)14-7-12(8-15(21)19(14)22)18-10(2)5-13(20)6-11(18)3/h5-8,16H,4,9,23H2,1-3H3. The van der Waals surface area contributed by atoms with E-state index >= 15 is 0 Å². The second-order valence-corrected chi connectivity index (χ2v) is 5.89. The van der Waals surface area contributed by atoms with Crippen LogP contribution in [0.25, 0.3) is 11.1 Å². The van der Waals surface area contributed by atoms with Gasteiger partial charge < -0.3 is 10.5 Å². The van der Waals surface area contributed by atoms with Crippen LogP contribution in [0, 0.1) is 31.3 Å². The lowest BCUT2D eigenvalue weighted by Crippen LogP contribution is -2.19. The number of benzene rings is 2. The molecule has 134 valence electrons. The van der Waals surface area contributed by atoms with Gasteiger partial charge in [0.1, 0.15) is 5.82 Å². The van der Waals surface area contributed by atoms with E-state index in [-0.39, 0.29) is 18.6 Å². The van der Waals surface area contributed by atoms with Crippen molar-refractivity contribution in [2.45, 2.75) is 33.2 Å². The van der Waals surface area contributed by atoms with Crippen LogP contribution in [0.15, 0.2) is 24.3 Å². The summed E-state index contributed by atoms with van der Waals surface area (Å²) in [5, 5.41) is 0. The molecule has 0 saturated carbocycles. The fourth-order valence-corrected chi connectivity index (χ4v) is 2.90. The molecule has 0 bridgehead atoms. The van der Waals surface area contributed by atoms with E-state index in [1.807, 2.05) is 0 Å². The number of hydrogen-bond donors (Lipinski definition) is 1. The molecular weight excluding hydrogens is 331 g/mol. The Morgan fingerprint density at radius 2 is 1.72 bits per heavy atom. The van der Waals surface area contributed by atoms with Gasteiger partial charge in [-0.1, -0.05) is 0 Å². The summed E-state index contributed by atoms with van der Waals surface area (Å²) in [5.74, 6) is -3.16. The minimum atomic E-state index is -1.10. The monoisotopic (exact) mass is 351 g/mol. The summed E-state index contributed by atoms with van der Waals surface area (Å²) in [6, 6.07) is 4.04. The van der Waals surface area contributed by atoms with Crippen molar-refractivity contribution in [2.75, 3.05) is 6.61 Å². The molecule has 0 spiro atoms. The van der Waals surface area contributed by atoms with Crippen LogP contribution in [0.2, 0.25) is 0 Å². The molecule has 1 atom stereocenters. The van der Waals surface area contributed by atoms with Gasteiger partial charge in [0, 0.05) is 11.6 Å². The maximum atomic E-state index is 14.2. The van der Waals surface area contributed by atoms with E-state index in [9.17, 15) is 18.0 Å². The highest BCUT2D eigenvalue weighted by Crippen LogP contribution is 2.32. The Kier molecular flexibility index (Phi) is 5.85. The van der Waals surface area contributed by atoms with E-state index in [0.29, 0.717) is 22.3 Å². The van der Waals surface area contributed by atoms with Gasteiger partial charge in [0.05, 0.1) is 13.0 Å². The normalized spacial score (nSPS) is 12.1. The van der Waals surface area contributed by atoms with E-state index in [2.05, 4.69) is 0 Å². The van der Waals surface area contributed by atoms with Crippen LogP contribution >= 0.6 is 0 Å². The van der Waals surface area contributed by atoms with Gasteiger partial charge in [-0.15, -0.1) is 0 Å². The third-order valence-corrected chi connectivity index (χ3v) is 3.93. The van der Waals surface area contributed by atoms with Gasteiger partial charge in [0.2, 0.25) is 0 Å². The summed E-state index contributed by atoms with van der Waals surface area (Å²) in [6.07, 6.45) is -0.269. The van der Waals surface area contributed by atoms with Crippen LogP contribution in [0.5, 0.6) is 0 Å². The summed E-state index contributed by atoms with van der Waals surface area (Å²) < 4.78 is 46.6. The summed E-state index contributed by atoms with van der Waals surface area (Å²) in [4.78, 5) is 11.6. The van der Waals surface area contributed by atoms with E-state index in [1.165, 1.54) is 18.2 Å². The Morgan fingerprint density at radius 1 is 1.12 bits per heavy atom. The first-order valence-electron chi connectivity index (χ1n) is 7.91. The number of ether oxygens (including phenoxy) is 1.